The van der Waals surface area contributed by atoms with Crippen LogP contribution in [0.15, 0.2) is 48.5 Å². The van der Waals surface area contributed by atoms with Crippen molar-refractivity contribution >= 4 is 8.41 Å². The largest absolute Gasteiger partial charge is 0.507 e. The third kappa shape index (κ3) is 3.55. The molecule has 0 amide bonds. The van der Waals surface area contributed by atoms with Gasteiger partial charge in [-0.1, -0.05) is 29.8 Å². The lowest BCUT2D eigenvalue weighted by molar-refractivity contribution is -0.137. The van der Waals surface area contributed by atoms with Crippen LogP contribution in [-0.4, -0.2) is 23.3 Å². The van der Waals surface area contributed by atoms with E-state index in [0.29, 0.717) is 11.3 Å². The number of halogens is 3. The van der Waals surface area contributed by atoms with E-state index in [4.69, 9.17) is 0 Å². The molecule has 1 aromatic heterocycles. The van der Waals surface area contributed by atoms with Crippen LogP contribution >= 0.6 is 0 Å². The number of rotatable bonds is 2. The van der Waals surface area contributed by atoms with Crippen molar-refractivity contribution in [2.75, 3.05) is 0 Å². The number of phenols is 1. The molecule has 2 aromatic carbocycles. The second-order valence-electron chi connectivity index (χ2n) is 5.60. The van der Waals surface area contributed by atoms with Crippen molar-refractivity contribution in [1.82, 2.24) is 9.78 Å². The van der Waals surface area contributed by atoms with Gasteiger partial charge in [-0.2, -0.15) is 18.3 Å². The van der Waals surface area contributed by atoms with Crippen LogP contribution in [-0.2, 0) is 13.2 Å². The van der Waals surface area contributed by atoms with Crippen molar-refractivity contribution in [2.24, 2.45) is 7.05 Å². The number of aryl methyl sites for hydroxylation is 2. The molecule has 0 saturated carbocycles. The highest BCUT2D eigenvalue weighted by Crippen LogP contribution is 2.38. The fourth-order valence-electron chi connectivity index (χ4n) is 2.66. The Bertz CT molecular complexity index is 904. The lowest BCUT2D eigenvalue weighted by Crippen LogP contribution is -2.07. The van der Waals surface area contributed by atoms with E-state index in [-0.39, 0.29) is 25.4 Å². The summed E-state index contributed by atoms with van der Waals surface area (Å²) in [4.78, 5) is 0. The summed E-state index contributed by atoms with van der Waals surface area (Å²) in [7, 11) is 1.64. The van der Waals surface area contributed by atoms with Gasteiger partial charge in [0.05, 0.1) is 17.0 Å². The minimum absolute atomic E-state index is 0. The van der Waals surface area contributed by atoms with E-state index in [2.05, 4.69) is 5.10 Å². The first-order valence-corrected chi connectivity index (χ1v) is 7.28. The van der Waals surface area contributed by atoms with Crippen LogP contribution in [0.3, 0.4) is 0 Å². The molecule has 3 rings (SSSR count). The summed E-state index contributed by atoms with van der Waals surface area (Å²) >= 11 is 0. The predicted molar refractivity (Wildman–Crippen MR) is 91.2 cm³/mol. The number of hydrogen-bond donors (Lipinski definition) is 1. The smallest absolute Gasteiger partial charge is 0.417 e. The maximum absolute atomic E-state index is 13.2. The standard InChI is InChI=1S/C18H15F3N2O.B/c1-11-7-8-17(24)13(9-11)16-10-15(22-23(16)2)12-5-3-4-6-14(12)18(19,20)21;/h3-10,24H,1-2H3;. The van der Waals surface area contributed by atoms with E-state index >= 15 is 0 Å². The summed E-state index contributed by atoms with van der Waals surface area (Å²) in [6.45, 7) is 1.87. The Morgan fingerprint density at radius 1 is 1.00 bits per heavy atom. The van der Waals surface area contributed by atoms with Crippen molar-refractivity contribution in [3.05, 3.63) is 59.7 Å². The molecule has 3 aromatic rings. The molecular weight excluding hydrogens is 328 g/mol. The van der Waals surface area contributed by atoms with Crippen LogP contribution in [0.4, 0.5) is 13.2 Å². The molecule has 127 valence electrons. The number of phenolic OH excluding ortho intramolecular Hbond substituents is 1. The zero-order chi connectivity index (χ0) is 17.5. The zero-order valence-electron chi connectivity index (χ0n) is 13.7. The third-order valence-corrected chi connectivity index (χ3v) is 3.82. The molecule has 1 N–H and O–H groups in total. The molecular formula is C18H15BF3N2O. The number of aromatic hydroxyl groups is 1. The molecule has 0 spiro atoms. The highest BCUT2D eigenvalue weighted by atomic mass is 19.4. The van der Waals surface area contributed by atoms with Crippen LogP contribution < -0.4 is 0 Å². The number of benzene rings is 2. The quantitative estimate of drug-likeness (QED) is 0.700. The monoisotopic (exact) mass is 343 g/mol. The van der Waals surface area contributed by atoms with E-state index in [1.54, 1.807) is 37.4 Å². The summed E-state index contributed by atoms with van der Waals surface area (Å²) in [5.41, 5.74) is 1.49. The van der Waals surface area contributed by atoms with Gasteiger partial charge < -0.3 is 5.11 Å². The molecule has 0 atom stereocenters. The Balaban J connectivity index is 0.00000225. The molecule has 0 saturated heterocycles. The van der Waals surface area contributed by atoms with E-state index in [9.17, 15) is 18.3 Å². The predicted octanol–water partition coefficient (Wildman–Crippen LogP) is 4.41. The molecule has 0 unspecified atom stereocenters. The molecule has 1 heterocycles. The zero-order valence-corrected chi connectivity index (χ0v) is 13.7. The van der Waals surface area contributed by atoms with Gasteiger partial charge in [0.25, 0.3) is 0 Å². The Labute approximate surface area is 145 Å². The minimum Gasteiger partial charge on any atom is -0.507 e. The van der Waals surface area contributed by atoms with Crippen LogP contribution in [0.1, 0.15) is 11.1 Å². The molecule has 3 radical (unpaired) electrons. The van der Waals surface area contributed by atoms with E-state index in [1.165, 1.54) is 16.8 Å². The number of aromatic nitrogens is 2. The van der Waals surface area contributed by atoms with E-state index in [1.807, 2.05) is 6.92 Å². The van der Waals surface area contributed by atoms with Gasteiger partial charge in [-0.15, -0.1) is 0 Å². The second kappa shape index (κ2) is 6.66. The Morgan fingerprint density at radius 2 is 1.68 bits per heavy atom. The molecule has 0 bridgehead atoms. The maximum atomic E-state index is 13.2. The topological polar surface area (TPSA) is 38.1 Å². The number of hydrogen-bond acceptors (Lipinski definition) is 2. The highest BCUT2D eigenvalue weighted by Gasteiger charge is 2.34. The van der Waals surface area contributed by atoms with Gasteiger partial charge in [-0.05, 0) is 31.2 Å². The van der Waals surface area contributed by atoms with Crippen LogP contribution in [0.5, 0.6) is 5.75 Å². The van der Waals surface area contributed by atoms with Gasteiger partial charge in [-0.3, -0.25) is 4.68 Å². The summed E-state index contributed by atoms with van der Waals surface area (Å²) in [6.07, 6.45) is -4.46. The van der Waals surface area contributed by atoms with Crippen molar-refractivity contribution in [3.8, 4) is 28.3 Å². The Hall–Kier alpha value is -2.70. The SMILES string of the molecule is Cc1ccc(O)c(-c2cc(-c3ccccc3C(F)(F)F)nn2C)c1.[B]. The van der Waals surface area contributed by atoms with E-state index in [0.717, 1.165) is 11.6 Å². The van der Waals surface area contributed by atoms with Crippen LogP contribution in [0.25, 0.3) is 22.5 Å². The molecule has 0 aliphatic rings. The van der Waals surface area contributed by atoms with Crippen LogP contribution in [0, 0.1) is 6.92 Å². The fourth-order valence-corrected chi connectivity index (χ4v) is 2.66. The number of nitrogens with zero attached hydrogens (tertiary/aromatic N) is 2. The molecule has 0 fully saturated rings. The second-order valence-corrected chi connectivity index (χ2v) is 5.60. The Morgan fingerprint density at radius 3 is 2.36 bits per heavy atom. The molecule has 0 aliphatic carbocycles. The molecule has 25 heavy (non-hydrogen) atoms. The summed E-state index contributed by atoms with van der Waals surface area (Å²) in [5.74, 6) is 0.0549. The molecule has 7 heteroatoms. The van der Waals surface area contributed by atoms with Gasteiger partial charge in [0.15, 0.2) is 0 Å². The number of alkyl halides is 3. The van der Waals surface area contributed by atoms with Gasteiger partial charge in [0.2, 0.25) is 0 Å². The molecule has 0 aliphatic heterocycles. The lowest BCUT2D eigenvalue weighted by Gasteiger charge is -2.10. The van der Waals surface area contributed by atoms with Crippen molar-refractivity contribution in [2.45, 2.75) is 13.1 Å². The highest BCUT2D eigenvalue weighted by molar-refractivity contribution is 5.76. The molecule has 3 nitrogen and oxygen atoms in total. The average Bonchev–Trinajstić information content (AvgIpc) is 2.90. The first-order valence-electron chi connectivity index (χ1n) is 7.28. The van der Waals surface area contributed by atoms with Crippen molar-refractivity contribution in [1.29, 1.82) is 0 Å². The maximum Gasteiger partial charge on any atom is 0.417 e. The first kappa shape index (κ1) is 18.6. The normalized spacial score (nSPS) is 11.2. The average molecular weight is 343 g/mol. The van der Waals surface area contributed by atoms with Crippen LogP contribution in [0.2, 0.25) is 0 Å². The van der Waals surface area contributed by atoms with Gasteiger partial charge in [0.1, 0.15) is 5.75 Å². The van der Waals surface area contributed by atoms with Crippen molar-refractivity contribution in [3.63, 3.8) is 0 Å². The summed E-state index contributed by atoms with van der Waals surface area (Å²) in [6, 6.07) is 12.0. The Kier molecular flexibility index (Phi) is 4.97. The van der Waals surface area contributed by atoms with E-state index < -0.39 is 11.7 Å². The first-order chi connectivity index (χ1) is 11.3. The minimum atomic E-state index is -4.46. The van der Waals surface area contributed by atoms with Crippen molar-refractivity contribution < 1.29 is 18.3 Å². The fraction of sp³-hybridized carbons (Fsp3) is 0.167. The van der Waals surface area contributed by atoms with Gasteiger partial charge in [0, 0.05) is 26.6 Å². The van der Waals surface area contributed by atoms with Gasteiger partial charge in [-0.25, -0.2) is 0 Å². The summed E-state index contributed by atoms with van der Waals surface area (Å²) in [5, 5.41) is 14.3. The van der Waals surface area contributed by atoms with Gasteiger partial charge >= 0.3 is 6.18 Å². The lowest BCUT2D eigenvalue weighted by atomic mass is 10.0. The third-order valence-electron chi connectivity index (χ3n) is 3.82. The summed E-state index contributed by atoms with van der Waals surface area (Å²) < 4.78 is 41.1.